The van der Waals surface area contributed by atoms with Gasteiger partial charge in [0.05, 0.1) is 11.4 Å². The number of hydrogen-bond acceptors (Lipinski definition) is 4. The third-order valence-corrected chi connectivity index (χ3v) is 6.52. The summed E-state index contributed by atoms with van der Waals surface area (Å²) in [5.74, 6) is -0.527. The number of benzene rings is 3. The predicted molar refractivity (Wildman–Crippen MR) is 143 cm³/mol. The molecule has 0 bridgehead atoms. The van der Waals surface area contributed by atoms with Crippen molar-refractivity contribution in [2.75, 3.05) is 9.80 Å². The molecule has 3 aromatic carbocycles. The van der Waals surface area contributed by atoms with E-state index in [1.165, 1.54) is 6.08 Å². The lowest BCUT2D eigenvalue weighted by Crippen LogP contribution is -2.57. The minimum absolute atomic E-state index is 0.178. The Bertz CT molecular complexity index is 1520. The summed E-state index contributed by atoms with van der Waals surface area (Å²) in [6, 6.07) is 24.1. The first-order chi connectivity index (χ1) is 17.3. The highest BCUT2D eigenvalue weighted by atomic mass is 79.9. The number of barbiturate groups is 1. The fourth-order valence-corrected chi connectivity index (χ4v) is 4.68. The van der Waals surface area contributed by atoms with Gasteiger partial charge in [-0.2, -0.15) is 0 Å². The highest BCUT2D eigenvalue weighted by molar-refractivity contribution is 9.10. The zero-order valence-electron chi connectivity index (χ0n) is 19.6. The smallest absolute Gasteiger partial charge is 0.343 e. The number of nitrogens with zero attached hydrogens (tertiary/aromatic N) is 2. The van der Waals surface area contributed by atoms with Crippen LogP contribution in [0.3, 0.4) is 0 Å². The van der Waals surface area contributed by atoms with Crippen molar-refractivity contribution >= 4 is 51.2 Å². The Morgan fingerprint density at radius 1 is 0.722 bits per heavy atom. The van der Waals surface area contributed by atoms with E-state index in [1.807, 2.05) is 32.0 Å². The molecule has 0 spiro atoms. The van der Waals surface area contributed by atoms with Gasteiger partial charge in [-0.1, -0.05) is 57.9 Å². The Balaban J connectivity index is 1.59. The topological polar surface area (TPSA) is 70.8 Å². The normalized spacial score (nSPS) is 15.2. The summed E-state index contributed by atoms with van der Waals surface area (Å²) < 4.78 is 6.85. The number of anilines is 2. The molecule has 1 aliphatic heterocycles. The average Bonchev–Trinajstić information content (AvgIpc) is 3.32. The summed E-state index contributed by atoms with van der Waals surface area (Å²) in [7, 11) is 0. The van der Waals surface area contributed by atoms with Crippen molar-refractivity contribution in [2.24, 2.45) is 0 Å². The number of para-hydroxylation sites is 1. The van der Waals surface area contributed by atoms with Gasteiger partial charge in [0.2, 0.25) is 0 Å². The molecule has 0 atom stereocenters. The number of aryl methyl sites for hydroxylation is 2. The summed E-state index contributed by atoms with van der Waals surface area (Å²) in [6.07, 6.45) is 1.39. The van der Waals surface area contributed by atoms with E-state index < -0.39 is 17.8 Å². The Morgan fingerprint density at radius 2 is 1.33 bits per heavy atom. The molecule has 0 N–H and O–H groups in total. The van der Waals surface area contributed by atoms with Crippen molar-refractivity contribution in [2.45, 2.75) is 13.8 Å². The first-order valence-electron chi connectivity index (χ1n) is 11.3. The molecule has 7 heteroatoms. The van der Waals surface area contributed by atoms with Gasteiger partial charge >= 0.3 is 6.03 Å². The first-order valence-corrected chi connectivity index (χ1v) is 12.1. The largest absolute Gasteiger partial charge is 0.457 e. The third-order valence-electron chi connectivity index (χ3n) is 5.86. The standard InChI is InChI=1S/C29H21BrN2O4/c1-18-8-11-21(12-9-18)32-28(34)24(27(33)31(29(32)35)20-6-4-3-5-7-20)17-22-13-15-26(36-22)23-14-10-19(2)16-25(23)30/h3-17H,1-2H3/b24-17-. The summed E-state index contributed by atoms with van der Waals surface area (Å²) in [6.45, 7) is 3.90. The SMILES string of the molecule is Cc1ccc(N2C(=O)/C(=C\c3ccc(-c4ccc(C)cc4Br)o3)C(=O)N(c3ccccc3)C2=O)cc1. The van der Waals surface area contributed by atoms with E-state index in [2.05, 4.69) is 15.9 Å². The number of urea groups is 1. The van der Waals surface area contributed by atoms with Crippen molar-refractivity contribution in [1.82, 2.24) is 0 Å². The van der Waals surface area contributed by atoms with E-state index in [0.717, 1.165) is 31.0 Å². The average molecular weight is 541 g/mol. The Kier molecular flexibility index (Phi) is 6.16. The van der Waals surface area contributed by atoms with E-state index in [9.17, 15) is 14.4 Å². The number of carbonyl (C=O) groups is 3. The molecule has 2 heterocycles. The number of hydrogen-bond donors (Lipinski definition) is 0. The molecule has 0 radical (unpaired) electrons. The summed E-state index contributed by atoms with van der Waals surface area (Å²) >= 11 is 3.56. The second-order valence-electron chi connectivity index (χ2n) is 8.48. The molecule has 0 saturated carbocycles. The number of amides is 4. The quantitative estimate of drug-likeness (QED) is 0.208. The molecule has 1 aromatic heterocycles. The van der Waals surface area contributed by atoms with E-state index in [4.69, 9.17) is 4.42 Å². The highest BCUT2D eigenvalue weighted by Crippen LogP contribution is 2.33. The van der Waals surface area contributed by atoms with Crippen molar-refractivity contribution in [3.05, 3.63) is 112 Å². The first kappa shape index (κ1) is 23.5. The second kappa shape index (κ2) is 9.43. The minimum Gasteiger partial charge on any atom is -0.457 e. The lowest BCUT2D eigenvalue weighted by Gasteiger charge is -2.33. The molecule has 6 nitrogen and oxygen atoms in total. The van der Waals surface area contributed by atoms with Gasteiger partial charge in [0.15, 0.2) is 0 Å². The molecule has 4 aromatic rings. The van der Waals surface area contributed by atoms with Crippen LogP contribution in [0, 0.1) is 13.8 Å². The summed E-state index contributed by atoms with van der Waals surface area (Å²) in [4.78, 5) is 42.5. The van der Waals surface area contributed by atoms with Gasteiger partial charge < -0.3 is 4.42 Å². The number of furan rings is 1. The number of imide groups is 2. The maximum Gasteiger partial charge on any atom is 0.343 e. The van der Waals surface area contributed by atoms with Crippen LogP contribution in [0.1, 0.15) is 16.9 Å². The molecule has 0 unspecified atom stereocenters. The van der Waals surface area contributed by atoms with Crippen LogP contribution in [-0.4, -0.2) is 17.8 Å². The van der Waals surface area contributed by atoms with Crippen molar-refractivity contribution in [3.8, 4) is 11.3 Å². The van der Waals surface area contributed by atoms with Gasteiger partial charge in [-0.25, -0.2) is 14.6 Å². The van der Waals surface area contributed by atoms with Crippen LogP contribution < -0.4 is 9.80 Å². The van der Waals surface area contributed by atoms with E-state index >= 15 is 0 Å². The molecular weight excluding hydrogens is 520 g/mol. The predicted octanol–water partition coefficient (Wildman–Crippen LogP) is 6.91. The fraction of sp³-hybridized carbons (Fsp3) is 0.0690. The fourth-order valence-electron chi connectivity index (χ4n) is 3.99. The molecule has 1 aliphatic rings. The summed E-state index contributed by atoms with van der Waals surface area (Å²) in [5, 5.41) is 0. The van der Waals surface area contributed by atoms with Gasteiger partial charge in [0.1, 0.15) is 17.1 Å². The number of rotatable bonds is 4. The molecule has 0 aliphatic carbocycles. The van der Waals surface area contributed by atoms with Gasteiger partial charge in [0, 0.05) is 10.0 Å². The number of carbonyl (C=O) groups excluding carboxylic acids is 3. The number of halogens is 1. The van der Waals surface area contributed by atoms with Crippen molar-refractivity contribution in [1.29, 1.82) is 0 Å². The maximum absolute atomic E-state index is 13.5. The van der Waals surface area contributed by atoms with Gasteiger partial charge in [0.25, 0.3) is 11.8 Å². The maximum atomic E-state index is 13.5. The molecule has 1 saturated heterocycles. The van der Waals surface area contributed by atoms with Crippen LogP contribution in [-0.2, 0) is 9.59 Å². The lowest BCUT2D eigenvalue weighted by atomic mass is 10.1. The van der Waals surface area contributed by atoms with E-state index in [-0.39, 0.29) is 5.57 Å². The van der Waals surface area contributed by atoms with Gasteiger partial charge in [-0.3, -0.25) is 9.59 Å². The lowest BCUT2D eigenvalue weighted by molar-refractivity contribution is -0.121. The Morgan fingerprint density at radius 3 is 1.97 bits per heavy atom. The molecule has 1 fully saturated rings. The van der Waals surface area contributed by atoms with Crippen LogP contribution in [0.25, 0.3) is 17.4 Å². The van der Waals surface area contributed by atoms with Crippen LogP contribution >= 0.6 is 15.9 Å². The van der Waals surface area contributed by atoms with Crippen LogP contribution in [0.5, 0.6) is 0 Å². The molecular formula is C29H21BrN2O4. The van der Waals surface area contributed by atoms with Gasteiger partial charge in [-0.15, -0.1) is 0 Å². The Labute approximate surface area is 216 Å². The molecule has 178 valence electrons. The molecule has 4 amide bonds. The Hall–Kier alpha value is -4.23. The van der Waals surface area contributed by atoms with Crippen LogP contribution in [0.4, 0.5) is 16.2 Å². The zero-order chi connectivity index (χ0) is 25.4. The van der Waals surface area contributed by atoms with Crippen LogP contribution in [0.15, 0.2) is 99.4 Å². The highest BCUT2D eigenvalue weighted by Gasteiger charge is 2.43. The zero-order valence-corrected chi connectivity index (χ0v) is 21.2. The second-order valence-corrected chi connectivity index (χ2v) is 9.33. The van der Waals surface area contributed by atoms with Crippen molar-refractivity contribution in [3.63, 3.8) is 0 Å². The summed E-state index contributed by atoms with van der Waals surface area (Å²) in [5.41, 5.74) is 3.48. The van der Waals surface area contributed by atoms with Gasteiger partial charge in [-0.05, 0) is 74.0 Å². The minimum atomic E-state index is -0.735. The van der Waals surface area contributed by atoms with E-state index in [0.29, 0.717) is 22.9 Å². The third kappa shape index (κ3) is 4.29. The molecule has 5 rings (SSSR count). The van der Waals surface area contributed by atoms with E-state index in [1.54, 1.807) is 66.7 Å². The van der Waals surface area contributed by atoms with Crippen molar-refractivity contribution < 1.29 is 18.8 Å². The molecule has 36 heavy (non-hydrogen) atoms. The van der Waals surface area contributed by atoms with Crippen LogP contribution in [0.2, 0.25) is 0 Å². The monoisotopic (exact) mass is 540 g/mol.